The van der Waals surface area contributed by atoms with Crippen molar-refractivity contribution in [2.24, 2.45) is 17.4 Å². The molecule has 0 aliphatic carbocycles. The second-order valence-corrected chi connectivity index (χ2v) is 7.24. The van der Waals surface area contributed by atoms with Gasteiger partial charge in [0, 0.05) is 24.7 Å². The first-order chi connectivity index (χ1) is 14.5. The number of amides is 4. The van der Waals surface area contributed by atoms with Gasteiger partial charge in [-0.05, 0) is 12.3 Å². The summed E-state index contributed by atoms with van der Waals surface area (Å²) in [5.74, 6) is -4.42. The molecule has 1 rings (SSSR count). The van der Waals surface area contributed by atoms with E-state index >= 15 is 0 Å². The number of carbonyl (C=O) groups is 5. The molecule has 0 aliphatic rings. The average Bonchev–Trinajstić information content (AvgIpc) is 3.20. The third-order valence-electron chi connectivity index (χ3n) is 4.36. The molecule has 4 amide bonds. The highest BCUT2D eigenvalue weighted by molar-refractivity contribution is 5.94. The number of carboxylic acid groups (broad SMARTS) is 1. The Kier molecular flexibility index (Phi) is 10.1. The zero-order valence-electron chi connectivity index (χ0n) is 17.4. The largest absolute Gasteiger partial charge is 0.480 e. The fourth-order valence-electron chi connectivity index (χ4n) is 2.67. The van der Waals surface area contributed by atoms with Gasteiger partial charge in [-0.3, -0.25) is 19.2 Å². The van der Waals surface area contributed by atoms with Gasteiger partial charge in [-0.15, -0.1) is 0 Å². The summed E-state index contributed by atoms with van der Waals surface area (Å²) in [5.41, 5.74) is 10.9. The smallest absolute Gasteiger partial charge is 0.326 e. The molecule has 3 atom stereocenters. The zero-order valence-corrected chi connectivity index (χ0v) is 17.4. The lowest BCUT2D eigenvalue weighted by Crippen LogP contribution is -2.58. The van der Waals surface area contributed by atoms with Crippen LogP contribution in [0.4, 0.5) is 0 Å². The van der Waals surface area contributed by atoms with Gasteiger partial charge in [0.05, 0.1) is 12.9 Å². The first-order valence-electron chi connectivity index (χ1n) is 9.63. The fraction of sp³-hybridized carbons (Fsp3) is 0.556. The number of aromatic amines is 1. The topological polar surface area (TPSA) is 222 Å². The molecule has 9 N–H and O–H groups in total. The van der Waals surface area contributed by atoms with E-state index in [9.17, 15) is 29.1 Å². The third kappa shape index (κ3) is 8.82. The number of nitrogens with two attached hydrogens (primary N) is 2. The van der Waals surface area contributed by atoms with Crippen molar-refractivity contribution in [2.45, 2.75) is 51.2 Å². The molecule has 0 aliphatic heterocycles. The van der Waals surface area contributed by atoms with Gasteiger partial charge >= 0.3 is 5.97 Å². The van der Waals surface area contributed by atoms with E-state index in [2.05, 4.69) is 25.9 Å². The number of hydrogen-bond donors (Lipinski definition) is 7. The van der Waals surface area contributed by atoms with Crippen molar-refractivity contribution in [3.05, 3.63) is 18.2 Å². The van der Waals surface area contributed by atoms with Gasteiger partial charge in [-0.2, -0.15) is 0 Å². The molecule has 0 spiro atoms. The maximum atomic E-state index is 12.8. The summed E-state index contributed by atoms with van der Waals surface area (Å²) in [5, 5.41) is 16.6. The number of hydrogen-bond acceptors (Lipinski definition) is 7. The van der Waals surface area contributed by atoms with Crippen LogP contribution >= 0.6 is 0 Å². The van der Waals surface area contributed by atoms with Gasteiger partial charge < -0.3 is 37.5 Å². The standard InChI is InChI=1S/C18H29N7O6/c1-9(2)15(17(29)24-11(18(30)31)3-4-13(20)26)25-16(28)12(23-14(27)6-19)5-10-7-21-8-22-10/h7-9,11-12,15H,3-6,19H2,1-2H3,(H2,20,26)(H,21,22)(H,23,27)(H,24,29)(H,25,28)(H,30,31). The van der Waals surface area contributed by atoms with Crippen LogP contribution in [0.25, 0.3) is 0 Å². The Hall–Kier alpha value is -3.48. The number of primary amides is 1. The van der Waals surface area contributed by atoms with Gasteiger partial charge in [-0.25, -0.2) is 9.78 Å². The molecule has 1 aromatic rings. The predicted molar refractivity (Wildman–Crippen MR) is 108 cm³/mol. The summed E-state index contributed by atoms with van der Waals surface area (Å²) in [6.07, 6.45) is 2.55. The van der Waals surface area contributed by atoms with Crippen molar-refractivity contribution >= 4 is 29.6 Å². The van der Waals surface area contributed by atoms with Crippen LogP contribution in [0.3, 0.4) is 0 Å². The van der Waals surface area contributed by atoms with Gasteiger partial charge in [0.25, 0.3) is 0 Å². The van der Waals surface area contributed by atoms with Crippen LogP contribution in [-0.2, 0) is 30.4 Å². The van der Waals surface area contributed by atoms with Crippen LogP contribution in [0.1, 0.15) is 32.4 Å². The van der Waals surface area contributed by atoms with E-state index in [4.69, 9.17) is 11.5 Å². The molecular weight excluding hydrogens is 410 g/mol. The van der Waals surface area contributed by atoms with Crippen LogP contribution in [0.5, 0.6) is 0 Å². The predicted octanol–water partition coefficient (Wildman–Crippen LogP) is -2.63. The molecule has 13 nitrogen and oxygen atoms in total. The molecule has 172 valence electrons. The number of imidazole rings is 1. The van der Waals surface area contributed by atoms with Crippen LogP contribution in [-0.4, -0.2) is 69.3 Å². The lowest BCUT2D eigenvalue weighted by Gasteiger charge is -2.26. The minimum absolute atomic E-state index is 0.0698. The Bertz CT molecular complexity index is 780. The third-order valence-corrected chi connectivity index (χ3v) is 4.36. The number of carbonyl (C=O) groups excluding carboxylic acids is 4. The second-order valence-electron chi connectivity index (χ2n) is 7.24. The lowest BCUT2D eigenvalue weighted by atomic mass is 10.0. The van der Waals surface area contributed by atoms with Crippen molar-refractivity contribution < 1.29 is 29.1 Å². The van der Waals surface area contributed by atoms with Crippen molar-refractivity contribution in [1.82, 2.24) is 25.9 Å². The molecule has 0 saturated heterocycles. The number of aliphatic carboxylic acids is 1. The van der Waals surface area contributed by atoms with E-state index in [0.717, 1.165) is 0 Å². The monoisotopic (exact) mass is 439 g/mol. The number of aromatic nitrogens is 2. The quantitative estimate of drug-likeness (QED) is 0.172. The maximum Gasteiger partial charge on any atom is 0.326 e. The highest BCUT2D eigenvalue weighted by Gasteiger charge is 2.31. The Morgan fingerprint density at radius 2 is 1.77 bits per heavy atom. The minimum Gasteiger partial charge on any atom is -0.480 e. The van der Waals surface area contributed by atoms with Crippen molar-refractivity contribution in [3.8, 4) is 0 Å². The molecule has 31 heavy (non-hydrogen) atoms. The summed E-state index contributed by atoms with van der Waals surface area (Å²) in [6.45, 7) is 2.99. The van der Waals surface area contributed by atoms with Gasteiger partial charge in [-0.1, -0.05) is 13.8 Å². The maximum absolute atomic E-state index is 12.8. The Labute approximate surface area is 178 Å². The second kappa shape index (κ2) is 12.3. The number of H-pyrrole nitrogens is 1. The first kappa shape index (κ1) is 25.6. The Morgan fingerprint density at radius 1 is 1.10 bits per heavy atom. The molecule has 1 aromatic heterocycles. The number of rotatable bonds is 13. The fourth-order valence-corrected chi connectivity index (χ4v) is 2.67. The van der Waals surface area contributed by atoms with E-state index in [0.29, 0.717) is 5.69 Å². The van der Waals surface area contributed by atoms with Crippen LogP contribution in [0, 0.1) is 5.92 Å². The van der Waals surface area contributed by atoms with Crippen molar-refractivity contribution in [1.29, 1.82) is 0 Å². The van der Waals surface area contributed by atoms with Crippen LogP contribution in [0.15, 0.2) is 12.5 Å². The molecule has 0 saturated carbocycles. The van der Waals surface area contributed by atoms with E-state index in [1.807, 2.05) is 0 Å². The minimum atomic E-state index is -1.35. The van der Waals surface area contributed by atoms with Crippen LogP contribution in [0.2, 0.25) is 0 Å². The SMILES string of the molecule is CC(C)C(NC(=O)C(Cc1cnc[nH]1)NC(=O)CN)C(=O)NC(CCC(N)=O)C(=O)O. The van der Waals surface area contributed by atoms with Crippen molar-refractivity contribution in [2.75, 3.05) is 6.54 Å². The molecule has 0 bridgehead atoms. The van der Waals surface area contributed by atoms with E-state index in [1.165, 1.54) is 12.5 Å². The Morgan fingerprint density at radius 3 is 2.26 bits per heavy atom. The first-order valence-corrected chi connectivity index (χ1v) is 9.63. The summed E-state index contributed by atoms with van der Waals surface area (Å²) >= 11 is 0. The lowest BCUT2D eigenvalue weighted by molar-refractivity contribution is -0.143. The Balaban J connectivity index is 2.92. The summed E-state index contributed by atoms with van der Waals surface area (Å²) in [7, 11) is 0. The molecule has 3 unspecified atom stereocenters. The van der Waals surface area contributed by atoms with E-state index in [1.54, 1.807) is 13.8 Å². The van der Waals surface area contributed by atoms with Crippen LogP contribution < -0.4 is 27.4 Å². The zero-order chi connectivity index (χ0) is 23.6. The molecule has 0 aromatic carbocycles. The number of nitrogens with one attached hydrogen (secondary N) is 4. The van der Waals surface area contributed by atoms with E-state index in [-0.39, 0.29) is 25.8 Å². The normalized spacial score (nSPS) is 13.7. The molecular formula is C18H29N7O6. The number of carboxylic acids is 1. The molecule has 0 radical (unpaired) electrons. The highest BCUT2D eigenvalue weighted by atomic mass is 16.4. The average molecular weight is 439 g/mol. The highest BCUT2D eigenvalue weighted by Crippen LogP contribution is 2.07. The van der Waals surface area contributed by atoms with E-state index < -0.39 is 53.6 Å². The number of nitrogens with zero attached hydrogens (tertiary/aromatic N) is 1. The summed E-state index contributed by atoms with van der Waals surface area (Å²) in [6, 6.07) is -3.49. The summed E-state index contributed by atoms with van der Waals surface area (Å²) < 4.78 is 0. The van der Waals surface area contributed by atoms with Gasteiger partial charge in [0.1, 0.15) is 18.1 Å². The van der Waals surface area contributed by atoms with Crippen molar-refractivity contribution in [3.63, 3.8) is 0 Å². The van der Waals surface area contributed by atoms with Gasteiger partial charge in [0.15, 0.2) is 0 Å². The summed E-state index contributed by atoms with van der Waals surface area (Å²) in [4.78, 5) is 66.2. The van der Waals surface area contributed by atoms with Gasteiger partial charge in [0.2, 0.25) is 23.6 Å². The molecule has 1 heterocycles. The molecule has 13 heteroatoms. The molecule has 0 fully saturated rings.